The van der Waals surface area contributed by atoms with Gasteiger partial charge in [0.1, 0.15) is 5.54 Å². The van der Waals surface area contributed by atoms with Crippen molar-refractivity contribution >= 4 is 5.97 Å². The maximum Gasteiger partial charge on any atom is 0.325 e. The van der Waals surface area contributed by atoms with Crippen molar-refractivity contribution in [1.82, 2.24) is 15.1 Å². The molecule has 0 aliphatic carbocycles. The number of hydrogen-bond donors (Lipinski definition) is 2. The molecule has 5 nitrogen and oxygen atoms in total. The molecule has 4 heterocycles. The number of fused-ring (bicyclic) bond motifs is 3. The lowest BCUT2D eigenvalue weighted by Gasteiger charge is -2.56. The summed E-state index contributed by atoms with van der Waals surface area (Å²) in [5.74, 6) is -0.253. The standard InChI is InChI=1S/C12H21N3O2/c16-11(17)12(15-7-3-13-4-8-15)9-14-5-1-10(12)2-6-14/h10,13H,1-9H2,(H,16,17). The average Bonchev–Trinajstić information content (AvgIpc) is 2.40. The average molecular weight is 239 g/mol. The normalized spacial score (nSPS) is 42.6. The lowest BCUT2D eigenvalue weighted by atomic mass is 9.71. The second-order valence-electron chi connectivity index (χ2n) is 5.52. The first-order valence-corrected chi connectivity index (χ1v) is 6.65. The summed E-state index contributed by atoms with van der Waals surface area (Å²) in [6.45, 7) is 6.49. The molecule has 0 aromatic heterocycles. The van der Waals surface area contributed by atoms with Crippen molar-refractivity contribution < 1.29 is 9.90 Å². The highest BCUT2D eigenvalue weighted by Gasteiger charge is 2.55. The van der Waals surface area contributed by atoms with Crippen LogP contribution >= 0.6 is 0 Å². The highest BCUT2D eigenvalue weighted by Crippen LogP contribution is 2.40. The minimum absolute atomic E-state index is 0.350. The number of carboxylic acid groups (broad SMARTS) is 1. The van der Waals surface area contributed by atoms with Gasteiger partial charge in [-0.2, -0.15) is 0 Å². The van der Waals surface area contributed by atoms with Gasteiger partial charge < -0.3 is 15.3 Å². The van der Waals surface area contributed by atoms with E-state index in [2.05, 4.69) is 15.1 Å². The largest absolute Gasteiger partial charge is 0.480 e. The van der Waals surface area contributed by atoms with Crippen LogP contribution in [0, 0.1) is 5.92 Å². The molecule has 5 heteroatoms. The maximum absolute atomic E-state index is 11.9. The number of nitrogens with one attached hydrogen (secondary N) is 1. The number of piperazine rings is 1. The molecule has 96 valence electrons. The van der Waals surface area contributed by atoms with Crippen molar-refractivity contribution in [2.24, 2.45) is 5.92 Å². The van der Waals surface area contributed by atoms with Crippen molar-refractivity contribution in [1.29, 1.82) is 0 Å². The summed E-state index contributed by atoms with van der Waals surface area (Å²) in [7, 11) is 0. The van der Waals surface area contributed by atoms with Gasteiger partial charge in [-0.1, -0.05) is 0 Å². The summed E-state index contributed by atoms with van der Waals surface area (Å²) in [4.78, 5) is 16.4. The molecule has 0 radical (unpaired) electrons. The minimum Gasteiger partial charge on any atom is -0.480 e. The van der Waals surface area contributed by atoms with Crippen LogP contribution in [0.4, 0.5) is 0 Å². The van der Waals surface area contributed by atoms with Crippen LogP contribution in [0.25, 0.3) is 0 Å². The second kappa shape index (κ2) is 4.23. The summed E-state index contributed by atoms with van der Waals surface area (Å²) >= 11 is 0. The van der Waals surface area contributed by atoms with Gasteiger partial charge in [-0.05, 0) is 31.8 Å². The molecule has 0 saturated carbocycles. The van der Waals surface area contributed by atoms with Gasteiger partial charge in [-0.25, -0.2) is 0 Å². The Kier molecular flexibility index (Phi) is 2.84. The van der Waals surface area contributed by atoms with E-state index >= 15 is 0 Å². The summed E-state index contributed by atoms with van der Waals surface area (Å²) in [5.41, 5.74) is -0.599. The Bertz CT molecular complexity index is 309. The predicted molar refractivity (Wildman–Crippen MR) is 64.0 cm³/mol. The summed E-state index contributed by atoms with van der Waals surface area (Å²) in [6.07, 6.45) is 2.10. The van der Waals surface area contributed by atoms with Gasteiger partial charge >= 0.3 is 5.97 Å². The zero-order valence-corrected chi connectivity index (χ0v) is 10.2. The van der Waals surface area contributed by atoms with Gasteiger partial charge in [0.25, 0.3) is 0 Å². The van der Waals surface area contributed by atoms with Crippen LogP contribution in [0.5, 0.6) is 0 Å². The van der Waals surface area contributed by atoms with Crippen LogP contribution in [0.3, 0.4) is 0 Å². The van der Waals surface area contributed by atoms with Crippen LogP contribution in [0.1, 0.15) is 12.8 Å². The van der Waals surface area contributed by atoms with Crippen molar-refractivity contribution in [2.45, 2.75) is 18.4 Å². The van der Waals surface area contributed by atoms with Crippen LogP contribution in [-0.4, -0.2) is 72.2 Å². The Hall–Kier alpha value is -0.650. The van der Waals surface area contributed by atoms with Crippen molar-refractivity contribution in [3.8, 4) is 0 Å². The van der Waals surface area contributed by atoms with Crippen LogP contribution in [0.2, 0.25) is 0 Å². The molecule has 1 atom stereocenters. The second-order valence-corrected chi connectivity index (χ2v) is 5.52. The summed E-state index contributed by atoms with van der Waals surface area (Å²) in [6, 6.07) is 0. The number of piperidine rings is 3. The molecular formula is C12H21N3O2. The van der Waals surface area contributed by atoms with E-state index in [1.165, 1.54) is 0 Å². The Balaban J connectivity index is 1.89. The molecular weight excluding hydrogens is 218 g/mol. The van der Waals surface area contributed by atoms with Gasteiger partial charge in [0, 0.05) is 32.7 Å². The topological polar surface area (TPSA) is 55.8 Å². The monoisotopic (exact) mass is 239 g/mol. The van der Waals surface area contributed by atoms with Crippen LogP contribution < -0.4 is 5.32 Å². The third kappa shape index (κ3) is 1.68. The van der Waals surface area contributed by atoms with E-state index in [4.69, 9.17) is 0 Å². The lowest BCUT2D eigenvalue weighted by molar-refractivity contribution is -0.168. The Morgan fingerprint density at radius 1 is 1.18 bits per heavy atom. The van der Waals surface area contributed by atoms with Crippen LogP contribution in [0.15, 0.2) is 0 Å². The number of aliphatic carboxylic acids is 1. The minimum atomic E-state index is -0.603. The highest BCUT2D eigenvalue weighted by molar-refractivity contribution is 5.80. The third-order valence-electron chi connectivity index (χ3n) is 4.78. The van der Waals surface area contributed by atoms with E-state index in [0.717, 1.165) is 58.7 Å². The Labute approximate surface area is 102 Å². The molecule has 4 saturated heterocycles. The number of carbonyl (C=O) groups is 1. The number of hydrogen-bond acceptors (Lipinski definition) is 4. The van der Waals surface area contributed by atoms with Crippen molar-refractivity contribution in [3.05, 3.63) is 0 Å². The molecule has 2 N–H and O–H groups in total. The fourth-order valence-corrected chi connectivity index (χ4v) is 3.84. The summed E-state index contributed by atoms with van der Waals surface area (Å²) in [5, 5.41) is 13.1. The molecule has 0 amide bonds. The molecule has 4 rings (SSSR count). The zero-order valence-electron chi connectivity index (χ0n) is 10.2. The molecule has 2 bridgehead atoms. The molecule has 17 heavy (non-hydrogen) atoms. The molecule has 4 fully saturated rings. The molecule has 0 aromatic carbocycles. The van der Waals surface area contributed by atoms with E-state index in [1.54, 1.807) is 0 Å². The first kappa shape index (κ1) is 11.4. The first-order valence-electron chi connectivity index (χ1n) is 6.65. The van der Waals surface area contributed by atoms with E-state index in [0.29, 0.717) is 5.92 Å². The van der Waals surface area contributed by atoms with E-state index in [-0.39, 0.29) is 0 Å². The summed E-state index contributed by atoms with van der Waals surface area (Å²) < 4.78 is 0. The number of rotatable bonds is 2. The zero-order chi connectivity index (χ0) is 11.9. The first-order chi connectivity index (χ1) is 8.23. The fraction of sp³-hybridized carbons (Fsp3) is 0.917. The molecule has 0 aromatic rings. The van der Waals surface area contributed by atoms with E-state index in [9.17, 15) is 9.90 Å². The quantitative estimate of drug-likeness (QED) is 0.676. The fourth-order valence-electron chi connectivity index (χ4n) is 3.84. The van der Waals surface area contributed by atoms with Gasteiger partial charge in [0.2, 0.25) is 0 Å². The molecule has 0 spiro atoms. The van der Waals surface area contributed by atoms with E-state index in [1.807, 2.05) is 0 Å². The van der Waals surface area contributed by atoms with Crippen LogP contribution in [-0.2, 0) is 4.79 Å². The molecule has 4 aliphatic heterocycles. The van der Waals surface area contributed by atoms with E-state index < -0.39 is 11.5 Å². The SMILES string of the molecule is O=C(O)C1(N2CCNCC2)CN2CCC1CC2. The third-order valence-corrected chi connectivity index (χ3v) is 4.78. The molecule has 1 unspecified atom stereocenters. The smallest absolute Gasteiger partial charge is 0.325 e. The van der Waals surface area contributed by atoms with Gasteiger partial charge in [-0.3, -0.25) is 9.69 Å². The Morgan fingerprint density at radius 3 is 2.29 bits per heavy atom. The molecule has 4 aliphatic rings. The number of carboxylic acids is 1. The van der Waals surface area contributed by atoms with Gasteiger partial charge in [0.05, 0.1) is 0 Å². The maximum atomic E-state index is 11.9. The van der Waals surface area contributed by atoms with Crippen molar-refractivity contribution in [3.63, 3.8) is 0 Å². The predicted octanol–water partition coefficient (Wildman–Crippen LogP) is -0.559. The lowest BCUT2D eigenvalue weighted by Crippen LogP contribution is -2.72. The van der Waals surface area contributed by atoms with Crippen molar-refractivity contribution in [2.75, 3.05) is 45.8 Å². The number of nitrogens with zero attached hydrogens (tertiary/aromatic N) is 2. The Morgan fingerprint density at radius 2 is 1.82 bits per heavy atom. The highest BCUT2D eigenvalue weighted by atomic mass is 16.4. The van der Waals surface area contributed by atoms with Gasteiger partial charge in [-0.15, -0.1) is 0 Å². The van der Waals surface area contributed by atoms with Gasteiger partial charge in [0.15, 0.2) is 0 Å².